The summed E-state index contributed by atoms with van der Waals surface area (Å²) in [6.07, 6.45) is 5.30. The third-order valence-corrected chi connectivity index (χ3v) is 3.07. The molecule has 2 aromatic heterocycles. The second kappa shape index (κ2) is 5.73. The first kappa shape index (κ1) is 12.7. The van der Waals surface area contributed by atoms with E-state index in [1.807, 2.05) is 20.0 Å². The zero-order valence-electron chi connectivity index (χ0n) is 11.0. The molecule has 0 saturated heterocycles. The summed E-state index contributed by atoms with van der Waals surface area (Å²) in [6, 6.07) is 2.31. The van der Waals surface area contributed by atoms with Crippen molar-refractivity contribution in [1.29, 1.82) is 0 Å². The Kier molecular flexibility index (Phi) is 4.04. The molecule has 2 aromatic rings. The van der Waals surface area contributed by atoms with Gasteiger partial charge in [-0.3, -0.25) is 4.98 Å². The maximum Gasteiger partial charge on any atom is 0.228 e. The van der Waals surface area contributed by atoms with Gasteiger partial charge in [0, 0.05) is 30.4 Å². The molecule has 0 fully saturated rings. The lowest BCUT2D eigenvalue weighted by Crippen LogP contribution is -2.26. The highest BCUT2D eigenvalue weighted by Crippen LogP contribution is 2.19. The number of pyridine rings is 1. The molecule has 1 atom stereocenters. The molecular weight excluding hydrogens is 228 g/mol. The van der Waals surface area contributed by atoms with Gasteiger partial charge in [0.15, 0.2) is 0 Å². The number of hydrogen-bond donors (Lipinski definition) is 1. The normalized spacial score (nSPS) is 12.6. The Bertz CT molecular complexity index is 505. The first-order chi connectivity index (χ1) is 8.74. The lowest BCUT2D eigenvalue weighted by atomic mass is 10.1. The van der Waals surface area contributed by atoms with Gasteiger partial charge in [-0.1, -0.05) is 12.1 Å². The summed E-state index contributed by atoms with van der Waals surface area (Å²) in [4.78, 5) is 8.51. The van der Waals surface area contributed by atoms with E-state index in [1.54, 1.807) is 12.4 Å². The monoisotopic (exact) mass is 246 g/mol. The van der Waals surface area contributed by atoms with E-state index in [0.717, 1.165) is 24.0 Å². The number of likely N-dealkylation sites (N-methyl/N-ethyl adjacent to an activating group) is 1. The van der Waals surface area contributed by atoms with Crippen LogP contribution in [0.3, 0.4) is 0 Å². The average molecular weight is 246 g/mol. The summed E-state index contributed by atoms with van der Waals surface area (Å²) in [6.45, 7) is 4.14. The van der Waals surface area contributed by atoms with Crippen LogP contribution in [0.2, 0.25) is 0 Å². The molecule has 5 nitrogen and oxygen atoms in total. The smallest absolute Gasteiger partial charge is 0.228 e. The SMILES string of the molecule is CCC(Cc1nc(-c2cnccc2C)no1)NC. The van der Waals surface area contributed by atoms with Crippen LogP contribution in [0, 0.1) is 6.92 Å². The first-order valence-electron chi connectivity index (χ1n) is 6.15. The molecule has 0 amide bonds. The molecule has 5 heteroatoms. The van der Waals surface area contributed by atoms with Gasteiger partial charge in [-0.15, -0.1) is 0 Å². The standard InChI is InChI=1S/C13H18N4O/c1-4-10(14-3)7-12-16-13(17-18-12)11-8-15-6-5-9(11)2/h5-6,8,10,14H,4,7H2,1-3H3. The van der Waals surface area contributed by atoms with Gasteiger partial charge in [-0.25, -0.2) is 0 Å². The molecular formula is C13H18N4O. The lowest BCUT2D eigenvalue weighted by molar-refractivity contribution is 0.359. The van der Waals surface area contributed by atoms with Crippen molar-refractivity contribution in [1.82, 2.24) is 20.4 Å². The molecule has 2 rings (SSSR count). The molecule has 0 aliphatic heterocycles. The molecule has 0 saturated carbocycles. The quantitative estimate of drug-likeness (QED) is 0.874. The fourth-order valence-corrected chi connectivity index (χ4v) is 1.81. The molecule has 0 bridgehead atoms. The van der Waals surface area contributed by atoms with Crippen LogP contribution in [-0.4, -0.2) is 28.2 Å². The van der Waals surface area contributed by atoms with Crippen LogP contribution in [0.5, 0.6) is 0 Å². The fraction of sp³-hybridized carbons (Fsp3) is 0.462. The van der Waals surface area contributed by atoms with Crippen molar-refractivity contribution in [3.05, 3.63) is 29.9 Å². The number of aromatic nitrogens is 3. The fourth-order valence-electron chi connectivity index (χ4n) is 1.81. The molecule has 0 aromatic carbocycles. The van der Waals surface area contributed by atoms with Crippen LogP contribution in [0.4, 0.5) is 0 Å². The summed E-state index contributed by atoms with van der Waals surface area (Å²) in [7, 11) is 1.94. The number of aryl methyl sites for hydroxylation is 1. The van der Waals surface area contributed by atoms with Crippen molar-refractivity contribution in [2.24, 2.45) is 0 Å². The molecule has 96 valence electrons. The minimum absolute atomic E-state index is 0.369. The van der Waals surface area contributed by atoms with Crippen molar-refractivity contribution >= 4 is 0 Å². The summed E-state index contributed by atoms with van der Waals surface area (Å²) in [5.74, 6) is 1.27. The van der Waals surface area contributed by atoms with E-state index in [4.69, 9.17) is 4.52 Å². The van der Waals surface area contributed by atoms with E-state index in [9.17, 15) is 0 Å². The van der Waals surface area contributed by atoms with E-state index < -0.39 is 0 Å². The third-order valence-electron chi connectivity index (χ3n) is 3.07. The van der Waals surface area contributed by atoms with Crippen molar-refractivity contribution in [3.8, 4) is 11.4 Å². The highest BCUT2D eigenvalue weighted by molar-refractivity contribution is 5.57. The van der Waals surface area contributed by atoms with Crippen LogP contribution in [0.25, 0.3) is 11.4 Å². The minimum Gasteiger partial charge on any atom is -0.339 e. The lowest BCUT2D eigenvalue weighted by Gasteiger charge is -2.09. The Morgan fingerprint density at radius 1 is 1.44 bits per heavy atom. The van der Waals surface area contributed by atoms with Gasteiger partial charge in [0.1, 0.15) is 0 Å². The molecule has 1 N–H and O–H groups in total. The zero-order chi connectivity index (χ0) is 13.0. The second-order valence-electron chi connectivity index (χ2n) is 4.30. The van der Waals surface area contributed by atoms with E-state index in [-0.39, 0.29) is 0 Å². The van der Waals surface area contributed by atoms with Crippen molar-refractivity contribution in [3.63, 3.8) is 0 Å². The van der Waals surface area contributed by atoms with E-state index in [1.165, 1.54) is 0 Å². The van der Waals surface area contributed by atoms with Crippen molar-refractivity contribution < 1.29 is 4.52 Å². The van der Waals surface area contributed by atoms with Gasteiger partial charge in [0.05, 0.1) is 0 Å². The molecule has 0 aliphatic carbocycles. The third kappa shape index (κ3) is 2.73. The van der Waals surface area contributed by atoms with Crippen LogP contribution < -0.4 is 5.32 Å². The van der Waals surface area contributed by atoms with Gasteiger partial charge < -0.3 is 9.84 Å². The predicted octanol–water partition coefficient (Wildman–Crippen LogP) is 1.98. The molecule has 18 heavy (non-hydrogen) atoms. The van der Waals surface area contributed by atoms with E-state index >= 15 is 0 Å². The summed E-state index contributed by atoms with van der Waals surface area (Å²) in [5, 5.41) is 7.24. The summed E-state index contributed by atoms with van der Waals surface area (Å²) < 4.78 is 5.28. The maximum absolute atomic E-state index is 5.28. The van der Waals surface area contributed by atoms with Crippen LogP contribution in [-0.2, 0) is 6.42 Å². The average Bonchev–Trinajstić information content (AvgIpc) is 2.85. The molecule has 2 heterocycles. The first-order valence-corrected chi connectivity index (χ1v) is 6.15. The minimum atomic E-state index is 0.369. The Labute approximate surface area is 107 Å². The predicted molar refractivity (Wildman–Crippen MR) is 69.1 cm³/mol. The van der Waals surface area contributed by atoms with Gasteiger partial charge in [0.2, 0.25) is 11.7 Å². The topological polar surface area (TPSA) is 63.8 Å². The molecule has 1 unspecified atom stereocenters. The Morgan fingerprint density at radius 2 is 2.28 bits per heavy atom. The zero-order valence-corrected chi connectivity index (χ0v) is 11.0. The largest absolute Gasteiger partial charge is 0.339 e. The molecule has 0 aliphatic rings. The Balaban J connectivity index is 2.18. The number of hydrogen-bond acceptors (Lipinski definition) is 5. The van der Waals surface area contributed by atoms with E-state index in [2.05, 4.69) is 27.4 Å². The molecule has 0 radical (unpaired) electrons. The van der Waals surface area contributed by atoms with Gasteiger partial charge in [-0.05, 0) is 32.0 Å². The maximum atomic E-state index is 5.28. The second-order valence-corrected chi connectivity index (χ2v) is 4.30. The number of rotatable bonds is 5. The van der Waals surface area contributed by atoms with Crippen LogP contribution in [0.15, 0.2) is 23.0 Å². The number of nitrogens with zero attached hydrogens (tertiary/aromatic N) is 3. The summed E-state index contributed by atoms with van der Waals surface area (Å²) in [5.41, 5.74) is 2.02. The Morgan fingerprint density at radius 3 is 2.94 bits per heavy atom. The number of nitrogens with one attached hydrogen (secondary N) is 1. The van der Waals surface area contributed by atoms with Crippen LogP contribution >= 0.6 is 0 Å². The van der Waals surface area contributed by atoms with Crippen LogP contribution in [0.1, 0.15) is 24.8 Å². The highest BCUT2D eigenvalue weighted by atomic mass is 16.5. The van der Waals surface area contributed by atoms with Crippen molar-refractivity contribution in [2.45, 2.75) is 32.7 Å². The van der Waals surface area contributed by atoms with Crippen molar-refractivity contribution in [2.75, 3.05) is 7.05 Å². The van der Waals surface area contributed by atoms with Gasteiger partial charge in [-0.2, -0.15) is 4.98 Å². The van der Waals surface area contributed by atoms with E-state index in [0.29, 0.717) is 17.8 Å². The highest BCUT2D eigenvalue weighted by Gasteiger charge is 2.13. The Hall–Kier alpha value is -1.75. The molecule has 0 spiro atoms. The van der Waals surface area contributed by atoms with Gasteiger partial charge in [0.25, 0.3) is 0 Å². The van der Waals surface area contributed by atoms with Gasteiger partial charge >= 0.3 is 0 Å². The summed E-state index contributed by atoms with van der Waals surface area (Å²) >= 11 is 0.